The van der Waals surface area contributed by atoms with E-state index in [1.807, 2.05) is 24.4 Å². The van der Waals surface area contributed by atoms with Crippen LogP contribution < -0.4 is 0 Å². The molecule has 8 heteroatoms. The van der Waals surface area contributed by atoms with Gasteiger partial charge >= 0.3 is 0 Å². The van der Waals surface area contributed by atoms with E-state index in [0.29, 0.717) is 31.2 Å². The molecule has 1 saturated heterocycles. The summed E-state index contributed by atoms with van der Waals surface area (Å²) in [4.78, 5) is 22.1. The minimum absolute atomic E-state index is 0.00653. The van der Waals surface area contributed by atoms with Crippen molar-refractivity contribution in [3.05, 3.63) is 34.9 Å². The SMILES string of the molecule is CCc1nc([C@H]2CN(C(=O)c3cc4sccc4[nH]3)CCO2)n[nH]1. The zero-order chi connectivity index (χ0) is 15.8. The summed E-state index contributed by atoms with van der Waals surface area (Å²) < 4.78 is 6.83. The van der Waals surface area contributed by atoms with E-state index in [2.05, 4.69) is 20.2 Å². The summed E-state index contributed by atoms with van der Waals surface area (Å²) in [6.45, 7) is 3.54. The highest BCUT2D eigenvalue weighted by molar-refractivity contribution is 7.17. The number of aromatic amines is 2. The van der Waals surface area contributed by atoms with Crippen LogP contribution in [0.2, 0.25) is 0 Å². The fourth-order valence-corrected chi connectivity index (χ4v) is 3.52. The number of rotatable bonds is 3. The van der Waals surface area contributed by atoms with Gasteiger partial charge in [-0.3, -0.25) is 9.89 Å². The Balaban J connectivity index is 1.52. The van der Waals surface area contributed by atoms with Crippen LogP contribution in [-0.4, -0.2) is 50.7 Å². The molecule has 1 atom stereocenters. The fraction of sp³-hybridized carbons (Fsp3) is 0.400. The maximum Gasteiger partial charge on any atom is 0.270 e. The molecule has 2 N–H and O–H groups in total. The van der Waals surface area contributed by atoms with Crippen molar-refractivity contribution in [3.63, 3.8) is 0 Å². The minimum atomic E-state index is -0.277. The molecule has 0 aromatic carbocycles. The molecule has 4 rings (SSSR count). The van der Waals surface area contributed by atoms with Crippen LogP contribution in [0, 0.1) is 0 Å². The van der Waals surface area contributed by atoms with Crippen LogP contribution in [0.3, 0.4) is 0 Å². The Morgan fingerprint density at radius 3 is 3.26 bits per heavy atom. The van der Waals surface area contributed by atoms with Gasteiger partial charge in [-0.15, -0.1) is 11.3 Å². The van der Waals surface area contributed by atoms with Gasteiger partial charge in [0.15, 0.2) is 5.82 Å². The van der Waals surface area contributed by atoms with Crippen LogP contribution in [0.1, 0.15) is 35.2 Å². The topological polar surface area (TPSA) is 86.9 Å². The number of aromatic nitrogens is 4. The normalized spacial score (nSPS) is 18.7. The number of hydrogen-bond acceptors (Lipinski definition) is 5. The molecule has 23 heavy (non-hydrogen) atoms. The molecule has 1 aliphatic rings. The molecule has 0 aliphatic carbocycles. The number of amides is 1. The quantitative estimate of drug-likeness (QED) is 0.769. The molecule has 120 valence electrons. The lowest BCUT2D eigenvalue weighted by molar-refractivity contribution is -0.0268. The van der Waals surface area contributed by atoms with Gasteiger partial charge < -0.3 is 14.6 Å². The van der Waals surface area contributed by atoms with Crippen LogP contribution >= 0.6 is 11.3 Å². The Morgan fingerprint density at radius 2 is 2.48 bits per heavy atom. The van der Waals surface area contributed by atoms with Crippen LogP contribution in [0.4, 0.5) is 0 Å². The van der Waals surface area contributed by atoms with Crippen molar-refractivity contribution in [2.24, 2.45) is 0 Å². The summed E-state index contributed by atoms with van der Waals surface area (Å²) in [6, 6.07) is 3.90. The number of hydrogen-bond donors (Lipinski definition) is 2. The molecule has 0 spiro atoms. The molecule has 1 amide bonds. The van der Waals surface area contributed by atoms with Crippen molar-refractivity contribution >= 4 is 27.5 Å². The van der Waals surface area contributed by atoms with Gasteiger partial charge in [0.2, 0.25) is 0 Å². The zero-order valence-electron chi connectivity index (χ0n) is 12.7. The Kier molecular flexibility index (Phi) is 3.62. The number of ether oxygens (including phenoxy) is 1. The van der Waals surface area contributed by atoms with E-state index in [-0.39, 0.29) is 12.0 Å². The van der Waals surface area contributed by atoms with E-state index in [9.17, 15) is 4.79 Å². The highest BCUT2D eigenvalue weighted by Gasteiger charge is 2.29. The van der Waals surface area contributed by atoms with Gasteiger partial charge in [0.1, 0.15) is 17.6 Å². The van der Waals surface area contributed by atoms with Crippen LogP contribution in [0.5, 0.6) is 0 Å². The number of carbonyl (C=O) groups is 1. The first-order chi connectivity index (χ1) is 11.2. The van der Waals surface area contributed by atoms with Crippen molar-refractivity contribution in [2.75, 3.05) is 19.7 Å². The summed E-state index contributed by atoms with van der Waals surface area (Å²) >= 11 is 1.62. The van der Waals surface area contributed by atoms with Crippen molar-refractivity contribution in [1.82, 2.24) is 25.1 Å². The standard InChI is InChI=1S/C15H17N5O2S/c1-2-13-17-14(19-18-13)11-8-20(4-5-22-11)15(21)10-7-12-9(16-10)3-6-23-12/h3,6-7,11,16H,2,4-5,8H2,1H3,(H,17,18,19)/t11-/m1/s1. The van der Waals surface area contributed by atoms with Gasteiger partial charge in [0, 0.05) is 13.0 Å². The predicted octanol–water partition coefficient (Wildman–Crippen LogP) is 2.12. The van der Waals surface area contributed by atoms with Gasteiger partial charge in [0.25, 0.3) is 5.91 Å². The molecular weight excluding hydrogens is 314 g/mol. The molecule has 4 heterocycles. The lowest BCUT2D eigenvalue weighted by atomic mass is 10.2. The first kappa shape index (κ1) is 14.4. The molecule has 0 unspecified atom stereocenters. The smallest absolute Gasteiger partial charge is 0.270 e. The average molecular weight is 331 g/mol. The number of carbonyl (C=O) groups excluding carboxylic acids is 1. The predicted molar refractivity (Wildman–Crippen MR) is 86.5 cm³/mol. The fourth-order valence-electron chi connectivity index (χ4n) is 2.74. The zero-order valence-corrected chi connectivity index (χ0v) is 13.5. The van der Waals surface area contributed by atoms with Crippen LogP contribution in [-0.2, 0) is 11.2 Å². The van der Waals surface area contributed by atoms with E-state index >= 15 is 0 Å². The Morgan fingerprint density at radius 1 is 1.57 bits per heavy atom. The number of morpholine rings is 1. The maximum atomic E-state index is 12.7. The highest BCUT2D eigenvalue weighted by Crippen LogP contribution is 2.24. The molecule has 0 radical (unpaired) electrons. The van der Waals surface area contributed by atoms with Crippen LogP contribution in [0.15, 0.2) is 17.5 Å². The molecule has 3 aromatic heterocycles. The van der Waals surface area contributed by atoms with E-state index < -0.39 is 0 Å². The Labute approximate surface area is 136 Å². The minimum Gasteiger partial charge on any atom is -0.366 e. The van der Waals surface area contributed by atoms with Gasteiger partial charge in [-0.05, 0) is 17.5 Å². The van der Waals surface area contributed by atoms with E-state index in [1.165, 1.54) is 0 Å². The largest absolute Gasteiger partial charge is 0.366 e. The number of H-pyrrole nitrogens is 2. The van der Waals surface area contributed by atoms with Crippen molar-refractivity contribution in [3.8, 4) is 0 Å². The second-order valence-corrected chi connectivity index (χ2v) is 6.43. The molecule has 0 saturated carbocycles. The second kappa shape index (κ2) is 5.78. The Hall–Kier alpha value is -2.19. The van der Waals surface area contributed by atoms with E-state index in [4.69, 9.17) is 4.74 Å². The summed E-state index contributed by atoms with van der Waals surface area (Å²) in [5, 5.41) is 9.10. The van der Waals surface area contributed by atoms with Crippen molar-refractivity contribution in [2.45, 2.75) is 19.4 Å². The second-order valence-electron chi connectivity index (χ2n) is 5.49. The molecule has 1 fully saturated rings. The number of aryl methyl sites for hydroxylation is 1. The molecule has 3 aromatic rings. The maximum absolute atomic E-state index is 12.7. The number of nitrogens with zero attached hydrogens (tertiary/aromatic N) is 3. The Bertz CT molecular complexity index is 807. The lowest BCUT2D eigenvalue weighted by Crippen LogP contribution is -2.42. The summed E-state index contributed by atoms with van der Waals surface area (Å²) in [5.41, 5.74) is 1.63. The van der Waals surface area contributed by atoms with Crippen molar-refractivity contribution < 1.29 is 9.53 Å². The molecule has 7 nitrogen and oxygen atoms in total. The third kappa shape index (κ3) is 2.64. The highest BCUT2D eigenvalue weighted by atomic mass is 32.1. The average Bonchev–Trinajstić information content (AvgIpc) is 3.29. The van der Waals surface area contributed by atoms with E-state index in [1.54, 1.807) is 16.2 Å². The van der Waals surface area contributed by atoms with Gasteiger partial charge in [-0.1, -0.05) is 6.92 Å². The van der Waals surface area contributed by atoms with Crippen LogP contribution in [0.25, 0.3) is 10.2 Å². The molecule has 1 aliphatic heterocycles. The van der Waals surface area contributed by atoms with Gasteiger partial charge in [-0.25, -0.2) is 4.98 Å². The molecule has 0 bridgehead atoms. The molecular formula is C15H17N5O2S. The summed E-state index contributed by atoms with van der Waals surface area (Å²) in [6.07, 6.45) is 0.516. The third-order valence-corrected chi connectivity index (χ3v) is 4.86. The lowest BCUT2D eigenvalue weighted by Gasteiger charge is -2.31. The summed E-state index contributed by atoms with van der Waals surface area (Å²) in [7, 11) is 0. The van der Waals surface area contributed by atoms with E-state index in [0.717, 1.165) is 22.5 Å². The number of thiophene rings is 1. The third-order valence-electron chi connectivity index (χ3n) is 4.00. The number of fused-ring (bicyclic) bond motifs is 1. The number of nitrogens with one attached hydrogen (secondary N) is 2. The first-order valence-corrected chi connectivity index (χ1v) is 8.51. The first-order valence-electron chi connectivity index (χ1n) is 7.63. The van der Waals surface area contributed by atoms with Gasteiger partial charge in [0.05, 0.1) is 23.4 Å². The van der Waals surface area contributed by atoms with Crippen molar-refractivity contribution in [1.29, 1.82) is 0 Å². The van der Waals surface area contributed by atoms with Gasteiger partial charge in [-0.2, -0.15) is 5.10 Å². The summed E-state index contributed by atoms with van der Waals surface area (Å²) in [5.74, 6) is 1.44. The monoisotopic (exact) mass is 331 g/mol.